The smallest absolute Gasteiger partial charge is 0.253 e. The average molecular weight is 606 g/mol. The van der Waals surface area contributed by atoms with Crippen LogP contribution < -0.4 is 9.80 Å². The molecule has 47 heavy (non-hydrogen) atoms. The topological polar surface area (TPSA) is 29.4 Å². The standard InChI is InChI=1S/C44H32N2O/c47-40-30-28-39(29-31-40)46(44-19-9-13-35-11-5-7-17-42(35)44)38-26-22-33(23-27-38)32-20-24-37(25-21-32)45(36-14-2-1-3-15-36)43-18-8-12-34-10-4-6-16-41(34)43/h1-31,47H/p+1. The molecule has 224 valence electrons. The minimum Gasteiger partial charge on any atom is -0.593 e. The molecule has 0 saturated heterocycles. The van der Waals surface area contributed by atoms with Gasteiger partial charge in [-0.1, -0.05) is 115 Å². The number of benzene rings is 8. The maximum Gasteiger partial charge on any atom is 0.253 e. The number of nitrogens with zero attached hydrogens (tertiary/aromatic N) is 2. The summed E-state index contributed by atoms with van der Waals surface area (Å²) in [4.78, 5) is 4.61. The van der Waals surface area contributed by atoms with Crippen molar-refractivity contribution in [1.82, 2.24) is 0 Å². The molecule has 8 rings (SSSR count). The molecule has 2 N–H and O–H groups in total. The Morgan fingerprint density at radius 3 is 1.13 bits per heavy atom. The van der Waals surface area contributed by atoms with E-state index in [0.717, 1.165) is 45.3 Å². The van der Waals surface area contributed by atoms with Crippen LogP contribution >= 0.6 is 0 Å². The fourth-order valence-corrected chi connectivity index (χ4v) is 6.45. The lowest BCUT2D eigenvalue weighted by Crippen LogP contribution is -2.10. The highest BCUT2D eigenvalue weighted by Crippen LogP contribution is 2.41. The maximum absolute atomic E-state index is 8.05. The van der Waals surface area contributed by atoms with Crippen LogP contribution in [-0.4, -0.2) is 5.11 Å². The number of rotatable bonds is 7. The van der Waals surface area contributed by atoms with Crippen LogP contribution in [0.1, 0.15) is 0 Å². The van der Waals surface area contributed by atoms with Gasteiger partial charge in [0.2, 0.25) is 0 Å². The highest BCUT2D eigenvalue weighted by molar-refractivity contribution is 6.00. The average Bonchev–Trinajstić information content (AvgIpc) is 3.14. The lowest BCUT2D eigenvalue weighted by atomic mass is 10.0. The quantitative estimate of drug-likeness (QED) is 0.169. The van der Waals surface area contributed by atoms with E-state index in [-0.39, 0.29) is 0 Å². The zero-order valence-corrected chi connectivity index (χ0v) is 25.8. The van der Waals surface area contributed by atoms with Crippen LogP contribution in [0, 0.1) is 0 Å². The summed E-state index contributed by atoms with van der Waals surface area (Å²) in [6, 6.07) is 65.8. The molecule has 0 fully saturated rings. The van der Waals surface area contributed by atoms with Crippen LogP contribution in [0.25, 0.3) is 32.7 Å². The van der Waals surface area contributed by atoms with E-state index in [1.807, 2.05) is 24.3 Å². The first kappa shape index (κ1) is 28.2. The van der Waals surface area contributed by atoms with Crippen molar-refractivity contribution in [2.24, 2.45) is 0 Å². The van der Waals surface area contributed by atoms with E-state index in [4.69, 9.17) is 5.11 Å². The summed E-state index contributed by atoms with van der Waals surface area (Å²) in [5, 5.41) is 12.9. The van der Waals surface area contributed by atoms with Gasteiger partial charge in [0.25, 0.3) is 5.75 Å². The Bertz CT molecular complexity index is 2280. The van der Waals surface area contributed by atoms with Gasteiger partial charge >= 0.3 is 0 Å². The molecule has 0 aliphatic carbocycles. The number of fused-ring (bicyclic) bond motifs is 2. The number of anilines is 6. The van der Waals surface area contributed by atoms with Crippen LogP contribution in [0.2, 0.25) is 0 Å². The minimum atomic E-state index is 0.497. The summed E-state index contributed by atoms with van der Waals surface area (Å²) in [5.74, 6) is 0.497. The number of para-hydroxylation sites is 1. The molecule has 0 radical (unpaired) electrons. The first-order valence-corrected chi connectivity index (χ1v) is 15.9. The Morgan fingerprint density at radius 2 is 0.660 bits per heavy atom. The molecule has 8 aromatic carbocycles. The van der Waals surface area contributed by atoms with Gasteiger partial charge in [0.05, 0.1) is 11.4 Å². The molecule has 3 heteroatoms. The summed E-state index contributed by atoms with van der Waals surface area (Å²) >= 11 is 0. The Morgan fingerprint density at radius 1 is 0.298 bits per heavy atom. The molecule has 0 aliphatic rings. The van der Waals surface area contributed by atoms with Gasteiger partial charge in [-0.3, -0.25) is 0 Å². The molecule has 0 spiro atoms. The summed E-state index contributed by atoms with van der Waals surface area (Å²) in [5.41, 5.74) is 8.86. The van der Waals surface area contributed by atoms with Gasteiger partial charge in [0, 0.05) is 45.7 Å². The van der Waals surface area contributed by atoms with Gasteiger partial charge in [-0.25, -0.2) is 0 Å². The van der Waals surface area contributed by atoms with Crippen molar-refractivity contribution in [3.63, 3.8) is 0 Å². The largest absolute Gasteiger partial charge is 0.593 e. The molecular weight excluding hydrogens is 572 g/mol. The van der Waals surface area contributed by atoms with E-state index in [1.165, 1.54) is 21.5 Å². The fourth-order valence-electron chi connectivity index (χ4n) is 6.45. The van der Waals surface area contributed by atoms with Gasteiger partial charge in [-0.05, 0) is 82.6 Å². The summed E-state index contributed by atoms with van der Waals surface area (Å²) < 4.78 is 0. The van der Waals surface area contributed by atoms with Crippen LogP contribution in [0.5, 0.6) is 5.75 Å². The molecule has 0 aliphatic heterocycles. The molecule has 0 saturated carbocycles. The zero-order valence-electron chi connectivity index (χ0n) is 25.8. The summed E-state index contributed by atoms with van der Waals surface area (Å²) in [7, 11) is 0. The molecule has 0 atom stereocenters. The Balaban J connectivity index is 1.16. The highest BCUT2D eigenvalue weighted by Gasteiger charge is 2.17. The molecule has 0 amide bonds. The van der Waals surface area contributed by atoms with Gasteiger partial charge in [0.15, 0.2) is 0 Å². The number of hydrogen-bond donors (Lipinski definition) is 0. The van der Waals surface area contributed by atoms with Crippen molar-refractivity contribution in [2.45, 2.75) is 0 Å². The van der Waals surface area contributed by atoms with Crippen molar-refractivity contribution in [3.05, 3.63) is 188 Å². The van der Waals surface area contributed by atoms with Crippen molar-refractivity contribution >= 4 is 55.7 Å². The minimum absolute atomic E-state index is 0.497. The van der Waals surface area contributed by atoms with E-state index >= 15 is 0 Å². The molecule has 8 aromatic rings. The van der Waals surface area contributed by atoms with Crippen LogP contribution in [0.4, 0.5) is 34.1 Å². The monoisotopic (exact) mass is 605 g/mol. The Labute approximate surface area is 274 Å². The zero-order chi connectivity index (χ0) is 31.6. The van der Waals surface area contributed by atoms with Crippen molar-refractivity contribution in [1.29, 1.82) is 0 Å². The van der Waals surface area contributed by atoms with Crippen molar-refractivity contribution < 1.29 is 5.11 Å². The van der Waals surface area contributed by atoms with Gasteiger partial charge in [-0.15, -0.1) is 0 Å². The second-order valence-corrected chi connectivity index (χ2v) is 11.6. The van der Waals surface area contributed by atoms with E-state index in [2.05, 4.69) is 174 Å². The predicted molar refractivity (Wildman–Crippen MR) is 199 cm³/mol. The molecule has 0 bridgehead atoms. The van der Waals surface area contributed by atoms with Gasteiger partial charge in [0.1, 0.15) is 0 Å². The van der Waals surface area contributed by atoms with Crippen molar-refractivity contribution in [3.8, 4) is 16.9 Å². The van der Waals surface area contributed by atoms with Gasteiger partial charge < -0.3 is 14.9 Å². The molecule has 0 heterocycles. The molecule has 0 unspecified atom stereocenters. The Hall–Kier alpha value is -6.32. The number of hydrogen-bond acceptors (Lipinski definition) is 2. The third-order valence-corrected chi connectivity index (χ3v) is 8.74. The summed E-state index contributed by atoms with van der Waals surface area (Å²) in [6.07, 6.45) is 0. The molecule has 0 aromatic heterocycles. The summed E-state index contributed by atoms with van der Waals surface area (Å²) in [6.45, 7) is 0. The van der Waals surface area contributed by atoms with Crippen molar-refractivity contribution in [2.75, 3.05) is 9.80 Å². The first-order chi connectivity index (χ1) is 23.2. The van der Waals surface area contributed by atoms with E-state index in [9.17, 15) is 0 Å². The van der Waals surface area contributed by atoms with Crippen LogP contribution in [0.3, 0.4) is 0 Å². The SMILES string of the molecule is [OH2+]c1ccc(N(c2ccc(-c3ccc(N(c4ccccc4)c4cccc5ccccc45)cc3)cc2)c2cccc3ccccc23)cc1. The molecular formula is C44H33N2O+. The second-order valence-electron chi connectivity index (χ2n) is 11.6. The lowest BCUT2D eigenvalue weighted by Gasteiger charge is -2.27. The highest BCUT2D eigenvalue weighted by atomic mass is 16.3. The first-order valence-electron chi connectivity index (χ1n) is 15.9. The molecule has 3 nitrogen and oxygen atoms in total. The lowest BCUT2D eigenvalue weighted by molar-refractivity contribution is 0.475. The van der Waals surface area contributed by atoms with E-state index in [1.54, 1.807) is 0 Å². The van der Waals surface area contributed by atoms with Crippen LogP contribution in [0.15, 0.2) is 188 Å². The second kappa shape index (κ2) is 12.2. The Kier molecular flexibility index (Phi) is 7.33. The predicted octanol–water partition coefficient (Wildman–Crippen LogP) is 12.0. The van der Waals surface area contributed by atoms with Crippen LogP contribution in [-0.2, 0) is 0 Å². The van der Waals surface area contributed by atoms with E-state index < -0.39 is 0 Å². The third kappa shape index (κ3) is 5.45. The van der Waals surface area contributed by atoms with E-state index in [0.29, 0.717) is 5.75 Å². The third-order valence-electron chi connectivity index (χ3n) is 8.74. The fraction of sp³-hybridized carbons (Fsp3) is 0. The van der Waals surface area contributed by atoms with Gasteiger partial charge in [-0.2, -0.15) is 0 Å². The normalized spacial score (nSPS) is 11.1. The maximum atomic E-state index is 8.05.